The Morgan fingerprint density at radius 3 is 2.55 bits per heavy atom. The number of imide groups is 1. The molecule has 22 heavy (non-hydrogen) atoms. The van der Waals surface area contributed by atoms with Gasteiger partial charge in [-0.1, -0.05) is 0 Å². The molecular weight excluding hydrogens is 284 g/mol. The van der Waals surface area contributed by atoms with E-state index in [9.17, 15) is 9.59 Å². The fourth-order valence-electron chi connectivity index (χ4n) is 3.33. The van der Waals surface area contributed by atoms with E-state index in [1.165, 1.54) is 4.90 Å². The van der Waals surface area contributed by atoms with Crippen LogP contribution < -0.4 is 10.6 Å². The number of hydrogen-bond acceptors (Lipinski definition) is 5. The molecule has 2 saturated heterocycles. The van der Waals surface area contributed by atoms with Gasteiger partial charge in [-0.05, 0) is 46.7 Å². The van der Waals surface area contributed by atoms with Crippen LogP contribution in [-0.2, 0) is 4.79 Å². The maximum Gasteiger partial charge on any atom is 0.325 e. The number of piperidine rings is 1. The van der Waals surface area contributed by atoms with Crippen molar-refractivity contribution in [1.29, 1.82) is 0 Å². The first-order valence-electron chi connectivity index (χ1n) is 7.67. The van der Waals surface area contributed by atoms with Gasteiger partial charge >= 0.3 is 6.03 Å². The summed E-state index contributed by atoms with van der Waals surface area (Å²) in [6, 6.07) is -0.402. The Hall–Kier alpha value is -1.96. The Morgan fingerprint density at radius 2 is 1.95 bits per heavy atom. The number of aromatic nitrogens is 3. The van der Waals surface area contributed by atoms with Crippen molar-refractivity contribution in [2.45, 2.75) is 45.2 Å². The lowest BCUT2D eigenvalue weighted by Gasteiger charge is -2.31. The molecule has 0 aliphatic carbocycles. The first-order chi connectivity index (χ1) is 10.4. The minimum atomic E-state index is -0.713. The molecule has 8 heteroatoms. The van der Waals surface area contributed by atoms with Crippen LogP contribution in [0.15, 0.2) is 0 Å². The van der Waals surface area contributed by atoms with Crippen molar-refractivity contribution in [1.82, 2.24) is 30.3 Å². The molecule has 1 atom stereocenters. The minimum absolute atomic E-state index is 0.104. The van der Waals surface area contributed by atoms with Crippen LogP contribution in [0.4, 0.5) is 4.79 Å². The Kier molecular flexibility index (Phi) is 3.64. The first-order valence-corrected chi connectivity index (χ1v) is 7.67. The fourth-order valence-corrected chi connectivity index (χ4v) is 3.33. The average molecular weight is 306 g/mol. The molecule has 0 bridgehead atoms. The second-order valence-corrected chi connectivity index (χ2v) is 6.18. The Balaban J connectivity index is 1.76. The highest BCUT2D eigenvalue weighted by molar-refractivity contribution is 6.07. The zero-order valence-electron chi connectivity index (χ0n) is 13.2. The molecule has 1 spiro atoms. The van der Waals surface area contributed by atoms with Crippen LogP contribution in [0.2, 0.25) is 0 Å². The van der Waals surface area contributed by atoms with Crippen molar-refractivity contribution in [2.24, 2.45) is 0 Å². The largest absolute Gasteiger partial charge is 0.325 e. The number of rotatable bonds is 3. The summed E-state index contributed by atoms with van der Waals surface area (Å²) in [5.41, 5.74) is -0.713. The molecule has 8 nitrogen and oxygen atoms in total. The van der Waals surface area contributed by atoms with Gasteiger partial charge in [0.1, 0.15) is 17.2 Å². The van der Waals surface area contributed by atoms with Crippen molar-refractivity contribution in [3.63, 3.8) is 0 Å². The highest BCUT2D eigenvalue weighted by Crippen LogP contribution is 2.28. The van der Waals surface area contributed by atoms with Crippen molar-refractivity contribution in [3.8, 4) is 0 Å². The molecule has 0 radical (unpaired) electrons. The van der Waals surface area contributed by atoms with Gasteiger partial charge in [0.2, 0.25) is 0 Å². The van der Waals surface area contributed by atoms with Crippen LogP contribution >= 0.6 is 0 Å². The van der Waals surface area contributed by atoms with Gasteiger partial charge in [-0.15, -0.1) is 0 Å². The van der Waals surface area contributed by atoms with Gasteiger partial charge in [0.05, 0.1) is 12.6 Å². The smallest absolute Gasteiger partial charge is 0.323 e. The summed E-state index contributed by atoms with van der Waals surface area (Å²) >= 11 is 0. The second-order valence-electron chi connectivity index (χ2n) is 6.18. The normalized spacial score (nSPS) is 22.2. The summed E-state index contributed by atoms with van der Waals surface area (Å²) in [6.07, 6.45) is 1.29. The predicted molar refractivity (Wildman–Crippen MR) is 79.3 cm³/mol. The zero-order valence-corrected chi connectivity index (χ0v) is 13.2. The van der Waals surface area contributed by atoms with Crippen LogP contribution in [0.5, 0.6) is 0 Å². The molecule has 1 unspecified atom stereocenters. The maximum atomic E-state index is 12.7. The Labute approximate surface area is 129 Å². The molecule has 2 N–H and O–H groups in total. The van der Waals surface area contributed by atoms with Gasteiger partial charge in [0.25, 0.3) is 5.91 Å². The molecule has 1 aromatic rings. The topological polar surface area (TPSA) is 92.2 Å². The van der Waals surface area contributed by atoms with Gasteiger partial charge in [-0.25, -0.2) is 14.5 Å². The fraction of sp³-hybridized carbons (Fsp3) is 0.714. The minimum Gasteiger partial charge on any atom is -0.323 e. The van der Waals surface area contributed by atoms with E-state index in [1.807, 2.05) is 20.8 Å². The molecule has 0 aromatic carbocycles. The van der Waals surface area contributed by atoms with Gasteiger partial charge in [-0.2, -0.15) is 5.10 Å². The van der Waals surface area contributed by atoms with Crippen molar-refractivity contribution < 1.29 is 9.59 Å². The Bertz CT molecular complexity index is 604. The lowest BCUT2D eigenvalue weighted by Crippen LogP contribution is -2.54. The summed E-state index contributed by atoms with van der Waals surface area (Å²) in [7, 11) is 0. The quantitative estimate of drug-likeness (QED) is 0.775. The summed E-state index contributed by atoms with van der Waals surface area (Å²) in [4.78, 5) is 30.6. The number of nitrogens with one attached hydrogen (secondary N) is 2. The van der Waals surface area contributed by atoms with E-state index in [0.717, 1.165) is 18.9 Å². The van der Waals surface area contributed by atoms with Gasteiger partial charge in [0, 0.05) is 0 Å². The maximum absolute atomic E-state index is 12.7. The third-order valence-corrected chi connectivity index (χ3v) is 4.47. The summed E-state index contributed by atoms with van der Waals surface area (Å²) in [5.74, 6) is 1.37. The van der Waals surface area contributed by atoms with Crippen molar-refractivity contribution in [2.75, 3.05) is 19.6 Å². The van der Waals surface area contributed by atoms with Crippen LogP contribution in [-0.4, -0.2) is 56.8 Å². The molecule has 3 rings (SSSR count). The van der Waals surface area contributed by atoms with Crippen LogP contribution in [0.25, 0.3) is 0 Å². The summed E-state index contributed by atoms with van der Waals surface area (Å²) < 4.78 is 1.77. The van der Waals surface area contributed by atoms with Gasteiger partial charge in [0.15, 0.2) is 0 Å². The molecule has 120 valence electrons. The molecule has 2 aliphatic rings. The van der Waals surface area contributed by atoms with E-state index in [2.05, 4.69) is 20.7 Å². The van der Waals surface area contributed by atoms with Crippen molar-refractivity contribution >= 4 is 11.9 Å². The molecule has 3 amide bonds. The van der Waals surface area contributed by atoms with Crippen molar-refractivity contribution in [3.05, 3.63) is 11.6 Å². The number of carbonyl (C=O) groups excluding carboxylic acids is 2. The third kappa shape index (κ3) is 2.37. The Morgan fingerprint density at radius 1 is 1.27 bits per heavy atom. The zero-order chi connectivity index (χ0) is 15.9. The molecule has 3 heterocycles. The van der Waals surface area contributed by atoms with E-state index in [0.29, 0.717) is 25.2 Å². The molecule has 0 saturated carbocycles. The molecule has 1 aromatic heterocycles. The predicted octanol–water partition coefficient (Wildman–Crippen LogP) is 0.130. The monoisotopic (exact) mass is 306 g/mol. The van der Waals surface area contributed by atoms with E-state index < -0.39 is 5.54 Å². The number of carbonyl (C=O) groups is 2. The highest BCUT2D eigenvalue weighted by atomic mass is 16.2. The van der Waals surface area contributed by atoms with E-state index in [-0.39, 0.29) is 18.0 Å². The molecule has 2 fully saturated rings. The molecular formula is C14H22N6O2. The van der Waals surface area contributed by atoms with Gasteiger partial charge in [-0.3, -0.25) is 9.69 Å². The summed E-state index contributed by atoms with van der Waals surface area (Å²) in [5, 5.41) is 10.4. The van der Waals surface area contributed by atoms with E-state index in [4.69, 9.17) is 0 Å². The number of aryl methyl sites for hydroxylation is 2. The lowest BCUT2D eigenvalue weighted by molar-refractivity contribution is -0.132. The van der Waals surface area contributed by atoms with Crippen LogP contribution in [0, 0.1) is 13.8 Å². The number of hydrogen-bond donors (Lipinski definition) is 2. The third-order valence-electron chi connectivity index (χ3n) is 4.47. The lowest BCUT2D eigenvalue weighted by atomic mass is 9.88. The van der Waals surface area contributed by atoms with Crippen LogP contribution in [0.3, 0.4) is 0 Å². The second kappa shape index (κ2) is 5.35. The van der Waals surface area contributed by atoms with E-state index >= 15 is 0 Å². The number of amides is 3. The molecule has 2 aliphatic heterocycles. The number of urea groups is 1. The highest BCUT2D eigenvalue weighted by Gasteiger charge is 2.51. The number of nitrogens with zero attached hydrogens (tertiary/aromatic N) is 4. The SMILES string of the molecule is Cc1nc(C)n(C(C)CN2C(=O)NC3(CCNCC3)C2=O)n1. The summed E-state index contributed by atoms with van der Waals surface area (Å²) in [6.45, 7) is 7.44. The standard InChI is InChI=1S/C14H22N6O2/c1-9(20-11(3)16-10(2)18-20)8-19-12(21)14(17-13(19)22)4-6-15-7-5-14/h9,15H,4-8H2,1-3H3,(H,17,22). The first kappa shape index (κ1) is 15.0. The van der Waals surface area contributed by atoms with Gasteiger partial charge < -0.3 is 10.6 Å². The van der Waals surface area contributed by atoms with Crippen LogP contribution in [0.1, 0.15) is 37.5 Å². The van der Waals surface area contributed by atoms with E-state index in [1.54, 1.807) is 4.68 Å². The average Bonchev–Trinajstić information content (AvgIpc) is 2.92.